The first-order chi connectivity index (χ1) is 9.24. The zero-order valence-corrected chi connectivity index (χ0v) is 11.3. The number of aryl methyl sites for hydroxylation is 2. The summed E-state index contributed by atoms with van der Waals surface area (Å²) >= 11 is 0. The second-order valence-corrected chi connectivity index (χ2v) is 5.63. The molecule has 0 fully saturated rings. The SMILES string of the molecule is Cc1cccc(C(O)C2CCc3ccccc3C2)c1. The van der Waals surface area contributed by atoms with Crippen LogP contribution in [0, 0.1) is 12.8 Å². The molecule has 1 nitrogen and oxygen atoms in total. The molecule has 0 heterocycles. The van der Waals surface area contributed by atoms with E-state index in [-0.39, 0.29) is 6.10 Å². The number of aliphatic hydroxyl groups is 1. The van der Waals surface area contributed by atoms with E-state index in [1.54, 1.807) is 0 Å². The van der Waals surface area contributed by atoms with Crippen LogP contribution in [0.4, 0.5) is 0 Å². The summed E-state index contributed by atoms with van der Waals surface area (Å²) < 4.78 is 0. The first-order valence-electron chi connectivity index (χ1n) is 7.05. The van der Waals surface area contributed by atoms with Crippen molar-refractivity contribution in [1.29, 1.82) is 0 Å². The Hall–Kier alpha value is -1.60. The molecule has 98 valence electrons. The molecule has 1 heteroatoms. The lowest BCUT2D eigenvalue weighted by Gasteiger charge is -2.29. The van der Waals surface area contributed by atoms with E-state index in [4.69, 9.17) is 0 Å². The largest absolute Gasteiger partial charge is 0.388 e. The van der Waals surface area contributed by atoms with Crippen LogP contribution in [0.2, 0.25) is 0 Å². The van der Waals surface area contributed by atoms with Gasteiger partial charge >= 0.3 is 0 Å². The zero-order valence-electron chi connectivity index (χ0n) is 11.3. The Morgan fingerprint density at radius 2 is 1.84 bits per heavy atom. The minimum Gasteiger partial charge on any atom is -0.388 e. The molecule has 0 saturated heterocycles. The number of rotatable bonds is 2. The van der Waals surface area contributed by atoms with E-state index >= 15 is 0 Å². The fourth-order valence-electron chi connectivity index (χ4n) is 3.12. The van der Waals surface area contributed by atoms with Crippen LogP contribution in [0.5, 0.6) is 0 Å². The Morgan fingerprint density at radius 1 is 1.05 bits per heavy atom. The van der Waals surface area contributed by atoms with E-state index < -0.39 is 0 Å². The van der Waals surface area contributed by atoms with Crippen LogP contribution in [-0.4, -0.2) is 5.11 Å². The summed E-state index contributed by atoms with van der Waals surface area (Å²) in [5, 5.41) is 10.6. The maximum atomic E-state index is 10.6. The molecular weight excluding hydrogens is 232 g/mol. The molecule has 0 amide bonds. The highest BCUT2D eigenvalue weighted by molar-refractivity contribution is 5.31. The maximum absolute atomic E-state index is 10.6. The average molecular weight is 252 g/mol. The molecule has 2 unspecified atom stereocenters. The summed E-state index contributed by atoms with van der Waals surface area (Å²) in [6.45, 7) is 2.08. The van der Waals surface area contributed by atoms with Gasteiger partial charge in [0.25, 0.3) is 0 Å². The molecule has 0 aliphatic heterocycles. The van der Waals surface area contributed by atoms with Gasteiger partial charge in [-0.1, -0.05) is 54.1 Å². The molecule has 0 spiro atoms. The van der Waals surface area contributed by atoms with Crippen molar-refractivity contribution >= 4 is 0 Å². The van der Waals surface area contributed by atoms with Crippen LogP contribution < -0.4 is 0 Å². The van der Waals surface area contributed by atoms with Crippen molar-refractivity contribution < 1.29 is 5.11 Å². The molecule has 1 aliphatic rings. The number of hydrogen-bond donors (Lipinski definition) is 1. The van der Waals surface area contributed by atoms with Gasteiger partial charge in [-0.05, 0) is 48.8 Å². The summed E-state index contributed by atoms with van der Waals surface area (Å²) in [5.41, 5.74) is 5.14. The molecule has 2 atom stereocenters. The number of benzene rings is 2. The van der Waals surface area contributed by atoms with E-state index in [9.17, 15) is 5.11 Å². The van der Waals surface area contributed by atoms with Crippen molar-refractivity contribution in [2.24, 2.45) is 5.92 Å². The third kappa shape index (κ3) is 2.57. The third-order valence-corrected chi connectivity index (χ3v) is 4.22. The molecule has 1 N–H and O–H groups in total. The lowest BCUT2D eigenvalue weighted by molar-refractivity contribution is 0.0994. The van der Waals surface area contributed by atoms with Gasteiger partial charge in [-0.2, -0.15) is 0 Å². The van der Waals surface area contributed by atoms with Crippen molar-refractivity contribution in [3.63, 3.8) is 0 Å². The maximum Gasteiger partial charge on any atom is 0.0821 e. The van der Waals surface area contributed by atoms with E-state index in [1.807, 2.05) is 12.1 Å². The molecule has 2 aromatic rings. The van der Waals surface area contributed by atoms with Crippen LogP contribution in [0.25, 0.3) is 0 Å². The van der Waals surface area contributed by atoms with Crippen LogP contribution in [-0.2, 0) is 12.8 Å². The molecule has 1 aliphatic carbocycles. The first kappa shape index (κ1) is 12.4. The predicted octanol–water partition coefficient (Wildman–Crippen LogP) is 3.83. The van der Waals surface area contributed by atoms with Crippen LogP contribution in [0.1, 0.15) is 34.8 Å². The Morgan fingerprint density at radius 3 is 2.63 bits per heavy atom. The van der Waals surface area contributed by atoms with Gasteiger partial charge in [0.1, 0.15) is 0 Å². The van der Waals surface area contributed by atoms with E-state index in [2.05, 4.69) is 43.3 Å². The second-order valence-electron chi connectivity index (χ2n) is 5.63. The quantitative estimate of drug-likeness (QED) is 0.861. The Balaban J connectivity index is 1.81. The standard InChI is InChI=1S/C18H20O/c1-13-5-4-8-16(11-13)18(19)17-10-9-14-6-2-3-7-15(14)12-17/h2-8,11,17-19H,9-10,12H2,1H3. The monoisotopic (exact) mass is 252 g/mol. The Labute approximate surface area is 114 Å². The summed E-state index contributed by atoms with van der Waals surface area (Å²) in [6.07, 6.45) is 2.81. The molecule has 3 rings (SSSR count). The summed E-state index contributed by atoms with van der Waals surface area (Å²) in [4.78, 5) is 0. The topological polar surface area (TPSA) is 20.2 Å². The first-order valence-corrected chi connectivity index (χ1v) is 7.05. The van der Waals surface area contributed by atoms with Gasteiger partial charge in [0.05, 0.1) is 6.10 Å². The Kier molecular flexibility index (Phi) is 3.39. The van der Waals surface area contributed by atoms with Crippen molar-refractivity contribution in [2.45, 2.75) is 32.3 Å². The molecule has 0 radical (unpaired) electrons. The highest BCUT2D eigenvalue weighted by atomic mass is 16.3. The molecule has 0 bridgehead atoms. The zero-order chi connectivity index (χ0) is 13.2. The number of fused-ring (bicyclic) bond motifs is 1. The third-order valence-electron chi connectivity index (χ3n) is 4.22. The van der Waals surface area contributed by atoms with E-state index in [0.29, 0.717) is 5.92 Å². The number of aliphatic hydroxyl groups excluding tert-OH is 1. The minimum absolute atomic E-state index is 0.340. The minimum atomic E-state index is -0.340. The highest BCUT2D eigenvalue weighted by Gasteiger charge is 2.25. The average Bonchev–Trinajstić information content (AvgIpc) is 2.46. The number of hydrogen-bond acceptors (Lipinski definition) is 1. The van der Waals surface area contributed by atoms with Gasteiger partial charge in [0.2, 0.25) is 0 Å². The van der Waals surface area contributed by atoms with Gasteiger partial charge < -0.3 is 5.11 Å². The lowest BCUT2D eigenvalue weighted by atomic mass is 9.79. The summed E-state index contributed by atoms with van der Waals surface area (Å²) in [5.74, 6) is 0.344. The fraction of sp³-hybridized carbons (Fsp3) is 0.333. The van der Waals surface area contributed by atoms with E-state index in [1.165, 1.54) is 16.7 Å². The van der Waals surface area contributed by atoms with Crippen molar-refractivity contribution in [3.05, 3.63) is 70.8 Å². The molecule has 19 heavy (non-hydrogen) atoms. The molecule has 0 aromatic heterocycles. The van der Waals surface area contributed by atoms with Gasteiger partial charge in [0.15, 0.2) is 0 Å². The van der Waals surface area contributed by atoms with Gasteiger partial charge in [-0.3, -0.25) is 0 Å². The lowest BCUT2D eigenvalue weighted by Crippen LogP contribution is -2.21. The van der Waals surface area contributed by atoms with Crippen molar-refractivity contribution in [2.75, 3.05) is 0 Å². The van der Waals surface area contributed by atoms with E-state index in [0.717, 1.165) is 24.8 Å². The molecule has 2 aromatic carbocycles. The summed E-state index contributed by atoms with van der Waals surface area (Å²) in [6, 6.07) is 16.9. The predicted molar refractivity (Wildman–Crippen MR) is 78.1 cm³/mol. The van der Waals surface area contributed by atoms with Gasteiger partial charge in [0, 0.05) is 0 Å². The molecular formula is C18H20O. The molecule has 0 saturated carbocycles. The van der Waals surface area contributed by atoms with Crippen LogP contribution in [0.3, 0.4) is 0 Å². The van der Waals surface area contributed by atoms with Gasteiger partial charge in [-0.15, -0.1) is 0 Å². The van der Waals surface area contributed by atoms with Crippen LogP contribution >= 0.6 is 0 Å². The van der Waals surface area contributed by atoms with Crippen molar-refractivity contribution in [3.8, 4) is 0 Å². The second kappa shape index (κ2) is 5.18. The fourth-order valence-corrected chi connectivity index (χ4v) is 3.12. The summed E-state index contributed by atoms with van der Waals surface area (Å²) in [7, 11) is 0. The van der Waals surface area contributed by atoms with Gasteiger partial charge in [-0.25, -0.2) is 0 Å². The normalized spacial score (nSPS) is 19.8. The van der Waals surface area contributed by atoms with Crippen molar-refractivity contribution in [1.82, 2.24) is 0 Å². The smallest absolute Gasteiger partial charge is 0.0821 e. The Bertz CT molecular complexity index is 573. The van der Waals surface area contributed by atoms with Crippen LogP contribution in [0.15, 0.2) is 48.5 Å². The highest BCUT2D eigenvalue weighted by Crippen LogP contribution is 2.34.